The summed E-state index contributed by atoms with van der Waals surface area (Å²) in [6, 6.07) is 5.91. The third-order valence-electron chi connectivity index (χ3n) is 3.21. The summed E-state index contributed by atoms with van der Waals surface area (Å²) < 4.78 is 2.02. The van der Waals surface area contributed by atoms with Gasteiger partial charge in [-0.3, -0.25) is 4.79 Å². The van der Waals surface area contributed by atoms with Crippen LogP contribution in [-0.2, 0) is 0 Å². The molecule has 0 aliphatic heterocycles. The number of nitrogens with one attached hydrogen (secondary N) is 1. The molecule has 0 saturated carbocycles. The molecule has 3 nitrogen and oxygen atoms in total. The van der Waals surface area contributed by atoms with E-state index in [1.165, 1.54) is 24.2 Å². The minimum Gasteiger partial charge on any atom is -0.397 e. The molecule has 0 fully saturated rings. The molecule has 1 amide bonds. The number of unbranched alkanes of at least 4 members (excludes halogenated alkanes) is 3. The predicted octanol–water partition coefficient (Wildman–Crippen LogP) is 4.56. The molecule has 0 atom stereocenters. The summed E-state index contributed by atoms with van der Waals surface area (Å²) >= 11 is 4.88. The van der Waals surface area contributed by atoms with E-state index in [0.717, 1.165) is 33.9 Å². The van der Waals surface area contributed by atoms with Crippen molar-refractivity contribution in [1.29, 1.82) is 0 Å². The fourth-order valence-electron chi connectivity index (χ4n) is 2.09. The van der Waals surface area contributed by atoms with E-state index in [1.807, 2.05) is 18.2 Å². The fraction of sp³-hybridized carbons (Fsp3) is 0.400. The summed E-state index contributed by atoms with van der Waals surface area (Å²) in [6.07, 6.45) is 4.60. The van der Waals surface area contributed by atoms with Crippen molar-refractivity contribution in [3.05, 3.63) is 27.5 Å². The standard InChI is InChI=1S/C15H19BrN2OS/c1-2-3-4-5-8-18-15(19)14-13(17)11-9-10(16)6-7-12(11)20-14/h6-7,9H,2-5,8,17H2,1H3,(H,18,19). The highest BCUT2D eigenvalue weighted by Gasteiger charge is 2.15. The van der Waals surface area contributed by atoms with Gasteiger partial charge in [0.1, 0.15) is 4.88 Å². The first-order valence-corrected chi connectivity index (χ1v) is 8.50. The second-order valence-electron chi connectivity index (χ2n) is 4.80. The van der Waals surface area contributed by atoms with Crippen LogP contribution in [0.15, 0.2) is 22.7 Å². The maximum absolute atomic E-state index is 12.2. The largest absolute Gasteiger partial charge is 0.397 e. The molecule has 0 aliphatic carbocycles. The zero-order valence-corrected chi connectivity index (χ0v) is 13.9. The van der Waals surface area contributed by atoms with Gasteiger partial charge in [0.25, 0.3) is 5.91 Å². The van der Waals surface area contributed by atoms with E-state index in [9.17, 15) is 4.79 Å². The highest BCUT2D eigenvalue weighted by Crippen LogP contribution is 2.35. The maximum atomic E-state index is 12.2. The Morgan fingerprint density at radius 2 is 2.15 bits per heavy atom. The Kier molecular flexibility index (Phi) is 5.43. The van der Waals surface area contributed by atoms with Crippen LogP contribution in [0.3, 0.4) is 0 Å². The van der Waals surface area contributed by atoms with Crippen LogP contribution in [0.1, 0.15) is 42.3 Å². The van der Waals surface area contributed by atoms with E-state index in [4.69, 9.17) is 5.73 Å². The monoisotopic (exact) mass is 354 g/mol. The molecule has 0 unspecified atom stereocenters. The predicted molar refractivity (Wildman–Crippen MR) is 90.4 cm³/mol. The van der Waals surface area contributed by atoms with Crippen molar-refractivity contribution in [2.45, 2.75) is 32.6 Å². The van der Waals surface area contributed by atoms with Gasteiger partial charge >= 0.3 is 0 Å². The summed E-state index contributed by atoms with van der Waals surface area (Å²) in [4.78, 5) is 12.8. The van der Waals surface area contributed by atoms with Gasteiger partial charge in [-0.05, 0) is 24.6 Å². The first-order valence-electron chi connectivity index (χ1n) is 6.89. The Hall–Kier alpha value is -1.07. The first kappa shape index (κ1) is 15.3. The lowest BCUT2D eigenvalue weighted by Gasteiger charge is -2.04. The summed E-state index contributed by atoms with van der Waals surface area (Å²) in [5.74, 6) is -0.0590. The van der Waals surface area contributed by atoms with Crippen molar-refractivity contribution < 1.29 is 4.79 Å². The number of hydrogen-bond acceptors (Lipinski definition) is 3. The van der Waals surface area contributed by atoms with Crippen LogP contribution < -0.4 is 11.1 Å². The zero-order chi connectivity index (χ0) is 14.5. The zero-order valence-electron chi connectivity index (χ0n) is 11.5. The number of rotatable bonds is 6. The number of carbonyl (C=O) groups excluding carboxylic acids is 1. The summed E-state index contributed by atoms with van der Waals surface area (Å²) in [5.41, 5.74) is 6.67. The smallest absolute Gasteiger partial charge is 0.263 e. The Labute approximate surface area is 131 Å². The lowest BCUT2D eigenvalue weighted by Crippen LogP contribution is -2.24. The molecule has 5 heteroatoms. The van der Waals surface area contributed by atoms with Gasteiger partial charge in [-0.2, -0.15) is 0 Å². The van der Waals surface area contributed by atoms with Crippen LogP contribution in [0.25, 0.3) is 10.1 Å². The Balaban J connectivity index is 2.05. The van der Waals surface area contributed by atoms with E-state index in [1.54, 1.807) is 0 Å². The molecular formula is C15H19BrN2OS. The normalized spacial score (nSPS) is 10.9. The molecule has 20 heavy (non-hydrogen) atoms. The number of anilines is 1. The maximum Gasteiger partial charge on any atom is 0.263 e. The third kappa shape index (κ3) is 3.52. The number of amides is 1. The van der Waals surface area contributed by atoms with Crippen LogP contribution in [0.2, 0.25) is 0 Å². The van der Waals surface area contributed by atoms with E-state index in [2.05, 4.69) is 28.2 Å². The van der Waals surface area contributed by atoms with Crippen LogP contribution in [-0.4, -0.2) is 12.5 Å². The van der Waals surface area contributed by atoms with Crippen LogP contribution in [0, 0.1) is 0 Å². The van der Waals surface area contributed by atoms with Gasteiger partial charge in [0.2, 0.25) is 0 Å². The number of benzene rings is 1. The van der Waals surface area contributed by atoms with Gasteiger partial charge < -0.3 is 11.1 Å². The average molecular weight is 355 g/mol. The second kappa shape index (κ2) is 7.09. The van der Waals surface area contributed by atoms with E-state index in [-0.39, 0.29) is 5.91 Å². The topological polar surface area (TPSA) is 55.1 Å². The number of nitrogen functional groups attached to an aromatic ring is 1. The molecule has 3 N–H and O–H groups in total. The molecule has 1 aromatic carbocycles. The van der Waals surface area contributed by atoms with E-state index >= 15 is 0 Å². The molecule has 1 aromatic heterocycles. The van der Waals surface area contributed by atoms with Crippen molar-refractivity contribution >= 4 is 48.9 Å². The van der Waals surface area contributed by atoms with Gasteiger partial charge in [0.05, 0.1) is 5.69 Å². The van der Waals surface area contributed by atoms with Gasteiger partial charge in [-0.25, -0.2) is 0 Å². The van der Waals surface area contributed by atoms with E-state index in [0.29, 0.717) is 10.6 Å². The van der Waals surface area contributed by atoms with Crippen molar-refractivity contribution in [3.8, 4) is 0 Å². The number of carbonyl (C=O) groups is 1. The number of thiophene rings is 1. The fourth-order valence-corrected chi connectivity index (χ4v) is 3.47. The molecule has 108 valence electrons. The average Bonchev–Trinajstić information content (AvgIpc) is 2.76. The summed E-state index contributed by atoms with van der Waals surface area (Å²) in [7, 11) is 0. The second-order valence-corrected chi connectivity index (χ2v) is 6.77. The Bertz CT molecular complexity index is 609. The summed E-state index contributed by atoms with van der Waals surface area (Å²) in [5, 5.41) is 3.90. The molecule has 0 bridgehead atoms. The number of halogens is 1. The lowest BCUT2D eigenvalue weighted by molar-refractivity contribution is 0.0958. The lowest BCUT2D eigenvalue weighted by atomic mass is 10.2. The van der Waals surface area contributed by atoms with Crippen LogP contribution >= 0.6 is 27.3 Å². The van der Waals surface area contributed by atoms with Crippen molar-refractivity contribution in [2.24, 2.45) is 0 Å². The SMILES string of the molecule is CCCCCCNC(=O)c1sc2ccc(Br)cc2c1N. The van der Waals surface area contributed by atoms with Gasteiger partial charge in [0, 0.05) is 21.1 Å². The highest BCUT2D eigenvalue weighted by molar-refractivity contribution is 9.10. The number of nitrogens with two attached hydrogens (primary N) is 1. The van der Waals surface area contributed by atoms with Gasteiger partial charge in [0.15, 0.2) is 0 Å². The van der Waals surface area contributed by atoms with Gasteiger partial charge in [-0.1, -0.05) is 42.1 Å². The molecule has 2 rings (SSSR count). The van der Waals surface area contributed by atoms with Crippen LogP contribution in [0.4, 0.5) is 5.69 Å². The van der Waals surface area contributed by atoms with E-state index < -0.39 is 0 Å². The minimum atomic E-state index is -0.0590. The quantitative estimate of drug-likeness (QED) is 0.747. The Morgan fingerprint density at radius 3 is 2.90 bits per heavy atom. The first-order chi connectivity index (χ1) is 9.63. The molecular weight excluding hydrogens is 336 g/mol. The molecule has 0 radical (unpaired) electrons. The van der Waals surface area contributed by atoms with Crippen molar-refractivity contribution in [1.82, 2.24) is 5.32 Å². The minimum absolute atomic E-state index is 0.0590. The Morgan fingerprint density at radius 1 is 1.35 bits per heavy atom. The van der Waals surface area contributed by atoms with Gasteiger partial charge in [-0.15, -0.1) is 11.3 Å². The number of hydrogen-bond donors (Lipinski definition) is 2. The van der Waals surface area contributed by atoms with Crippen LogP contribution in [0.5, 0.6) is 0 Å². The third-order valence-corrected chi connectivity index (χ3v) is 4.89. The number of fused-ring (bicyclic) bond motifs is 1. The molecule has 0 saturated heterocycles. The van der Waals surface area contributed by atoms with Crippen molar-refractivity contribution in [3.63, 3.8) is 0 Å². The molecule has 0 spiro atoms. The van der Waals surface area contributed by atoms with Crippen molar-refractivity contribution in [2.75, 3.05) is 12.3 Å². The summed E-state index contributed by atoms with van der Waals surface area (Å²) in [6.45, 7) is 2.89. The molecule has 0 aliphatic rings. The molecule has 2 aromatic rings. The highest BCUT2D eigenvalue weighted by atomic mass is 79.9. The molecule has 1 heterocycles.